The van der Waals surface area contributed by atoms with Gasteiger partial charge >= 0.3 is 0 Å². The number of anilines is 1. The first-order valence-corrected chi connectivity index (χ1v) is 8.17. The molecule has 0 aromatic heterocycles. The number of aryl methyl sites for hydroxylation is 1. The minimum atomic E-state index is 0.761. The van der Waals surface area contributed by atoms with Crippen molar-refractivity contribution in [2.75, 3.05) is 18.5 Å². The van der Waals surface area contributed by atoms with Crippen LogP contribution in [-0.2, 0) is 0 Å². The number of halogens is 1. The Bertz CT molecular complexity index is 446. The molecule has 3 rings (SSSR count). The van der Waals surface area contributed by atoms with Gasteiger partial charge in [-0.2, -0.15) is 0 Å². The number of fused-ring (bicyclic) bond motifs is 2. The monoisotopic (exact) mass is 322 g/mol. The van der Waals surface area contributed by atoms with E-state index in [0.29, 0.717) is 0 Å². The molecule has 0 radical (unpaired) electrons. The molecule has 2 heterocycles. The number of nitrogens with zero attached hydrogens (tertiary/aromatic N) is 1. The zero-order chi connectivity index (χ0) is 13.4. The lowest BCUT2D eigenvalue weighted by Gasteiger charge is -2.41. The van der Waals surface area contributed by atoms with E-state index in [2.05, 4.69) is 58.3 Å². The molecule has 1 N–H and O–H groups in total. The second kappa shape index (κ2) is 5.45. The van der Waals surface area contributed by atoms with E-state index in [4.69, 9.17) is 0 Å². The smallest absolute Gasteiger partial charge is 0.0401 e. The van der Waals surface area contributed by atoms with Crippen LogP contribution in [0.1, 0.15) is 31.2 Å². The first-order chi connectivity index (χ1) is 9.19. The van der Waals surface area contributed by atoms with Crippen LogP contribution in [0.3, 0.4) is 0 Å². The summed E-state index contributed by atoms with van der Waals surface area (Å²) in [5, 5.41) is 3.36. The van der Waals surface area contributed by atoms with Crippen LogP contribution in [0.25, 0.3) is 0 Å². The lowest BCUT2D eigenvalue weighted by molar-refractivity contribution is 0.332. The summed E-state index contributed by atoms with van der Waals surface area (Å²) in [7, 11) is 2.08. The molecule has 2 nitrogen and oxygen atoms in total. The molecule has 19 heavy (non-hydrogen) atoms. The van der Waals surface area contributed by atoms with Crippen molar-refractivity contribution in [3.05, 3.63) is 28.2 Å². The van der Waals surface area contributed by atoms with Crippen molar-refractivity contribution in [2.24, 2.45) is 5.92 Å². The fourth-order valence-corrected chi connectivity index (χ4v) is 4.52. The highest BCUT2D eigenvalue weighted by molar-refractivity contribution is 9.10. The highest BCUT2D eigenvalue weighted by Crippen LogP contribution is 2.42. The molecule has 104 valence electrons. The predicted molar refractivity (Wildman–Crippen MR) is 84.8 cm³/mol. The van der Waals surface area contributed by atoms with Gasteiger partial charge in [0.2, 0.25) is 0 Å². The van der Waals surface area contributed by atoms with E-state index < -0.39 is 0 Å². The Labute approximate surface area is 124 Å². The summed E-state index contributed by atoms with van der Waals surface area (Å²) in [5.74, 6) is 0.870. The fourth-order valence-electron chi connectivity index (χ4n) is 4.05. The molecular formula is C16H23BrN2. The zero-order valence-corrected chi connectivity index (χ0v) is 13.4. The maximum absolute atomic E-state index is 3.57. The van der Waals surface area contributed by atoms with Crippen LogP contribution in [0.15, 0.2) is 22.7 Å². The van der Waals surface area contributed by atoms with Crippen molar-refractivity contribution in [3.63, 3.8) is 0 Å². The number of hydrogen-bond acceptors (Lipinski definition) is 2. The maximum Gasteiger partial charge on any atom is 0.0401 e. The van der Waals surface area contributed by atoms with Crippen LogP contribution in [0.2, 0.25) is 0 Å². The third kappa shape index (κ3) is 2.55. The molecule has 0 spiro atoms. The van der Waals surface area contributed by atoms with Gasteiger partial charge in [-0.1, -0.05) is 15.9 Å². The molecule has 2 aliphatic heterocycles. The van der Waals surface area contributed by atoms with Gasteiger partial charge in [-0.3, -0.25) is 0 Å². The van der Waals surface area contributed by atoms with Crippen molar-refractivity contribution >= 4 is 21.6 Å². The van der Waals surface area contributed by atoms with Gasteiger partial charge in [-0.25, -0.2) is 0 Å². The molecular weight excluding hydrogens is 300 g/mol. The summed E-state index contributed by atoms with van der Waals surface area (Å²) in [6.45, 7) is 3.42. The number of benzene rings is 1. The molecule has 3 heteroatoms. The Morgan fingerprint density at radius 3 is 2.53 bits per heavy atom. The predicted octanol–water partition coefficient (Wildman–Crippen LogP) is 3.72. The van der Waals surface area contributed by atoms with Gasteiger partial charge in [-0.05, 0) is 75.9 Å². The van der Waals surface area contributed by atoms with E-state index >= 15 is 0 Å². The zero-order valence-electron chi connectivity index (χ0n) is 11.8. The van der Waals surface area contributed by atoms with Crippen molar-refractivity contribution < 1.29 is 0 Å². The van der Waals surface area contributed by atoms with Crippen LogP contribution in [0.4, 0.5) is 5.69 Å². The van der Waals surface area contributed by atoms with Crippen molar-refractivity contribution in [1.82, 2.24) is 5.32 Å². The van der Waals surface area contributed by atoms with Crippen LogP contribution < -0.4 is 10.2 Å². The molecule has 1 aromatic rings. The summed E-state index contributed by atoms with van der Waals surface area (Å²) in [5.41, 5.74) is 2.86. The summed E-state index contributed by atoms with van der Waals surface area (Å²) in [4.78, 5) is 2.72. The number of hydrogen-bond donors (Lipinski definition) is 1. The van der Waals surface area contributed by atoms with Gasteiger partial charge in [0.05, 0.1) is 0 Å². The normalized spacial score (nSPS) is 29.8. The molecule has 0 aliphatic carbocycles. The van der Waals surface area contributed by atoms with E-state index in [-0.39, 0.29) is 0 Å². The highest BCUT2D eigenvalue weighted by atomic mass is 79.9. The highest BCUT2D eigenvalue weighted by Gasteiger charge is 2.40. The first kappa shape index (κ1) is 13.4. The van der Waals surface area contributed by atoms with Gasteiger partial charge in [0.25, 0.3) is 0 Å². The van der Waals surface area contributed by atoms with Gasteiger partial charge in [0.1, 0.15) is 0 Å². The van der Waals surface area contributed by atoms with Gasteiger partial charge in [-0.15, -0.1) is 0 Å². The van der Waals surface area contributed by atoms with E-state index in [0.717, 1.165) is 18.0 Å². The molecule has 1 aromatic carbocycles. The second-order valence-electron chi connectivity index (χ2n) is 6.12. The largest absolute Gasteiger partial charge is 0.365 e. The number of nitrogens with one attached hydrogen (secondary N) is 1. The van der Waals surface area contributed by atoms with Crippen molar-refractivity contribution in [2.45, 2.75) is 44.7 Å². The van der Waals surface area contributed by atoms with E-state index in [1.54, 1.807) is 0 Å². The minimum absolute atomic E-state index is 0.761. The quantitative estimate of drug-likeness (QED) is 0.912. The summed E-state index contributed by atoms with van der Waals surface area (Å²) in [6, 6.07) is 8.24. The molecule has 0 amide bonds. The Morgan fingerprint density at radius 1 is 1.26 bits per heavy atom. The fraction of sp³-hybridized carbons (Fsp3) is 0.625. The lowest BCUT2D eigenvalue weighted by atomic mass is 9.90. The van der Waals surface area contributed by atoms with Crippen LogP contribution in [-0.4, -0.2) is 25.7 Å². The molecule has 2 atom stereocenters. The van der Waals surface area contributed by atoms with Crippen LogP contribution in [0, 0.1) is 12.8 Å². The van der Waals surface area contributed by atoms with Crippen LogP contribution in [0.5, 0.6) is 0 Å². The Hall–Kier alpha value is -0.540. The van der Waals surface area contributed by atoms with E-state index in [1.165, 1.54) is 48.0 Å². The lowest BCUT2D eigenvalue weighted by Crippen LogP contribution is -2.45. The average Bonchev–Trinajstić information content (AvgIpc) is 2.63. The average molecular weight is 323 g/mol. The van der Waals surface area contributed by atoms with Crippen LogP contribution >= 0.6 is 15.9 Å². The van der Waals surface area contributed by atoms with Gasteiger partial charge in [0.15, 0.2) is 0 Å². The number of piperidine rings is 1. The minimum Gasteiger partial charge on any atom is -0.365 e. The van der Waals surface area contributed by atoms with Crippen molar-refractivity contribution in [3.8, 4) is 0 Å². The Morgan fingerprint density at radius 2 is 1.95 bits per heavy atom. The SMILES string of the molecule is CNCC1CC2CCC(C1)N2c1ccc(Br)cc1C. The first-order valence-electron chi connectivity index (χ1n) is 7.38. The summed E-state index contributed by atoms with van der Waals surface area (Å²) >= 11 is 3.57. The third-order valence-corrected chi connectivity index (χ3v) is 5.25. The Kier molecular flexibility index (Phi) is 3.86. The maximum atomic E-state index is 3.57. The molecule has 2 bridgehead atoms. The molecule has 0 saturated carbocycles. The summed E-state index contributed by atoms with van der Waals surface area (Å²) in [6.07, 6.45) is 5.46. The number of rotatable bonds is 3. The second-order valence-corrected chi connectivity index (χ2v) is 7.03. The van der Waals surface area contributed by atoms with Gasteiger partial charge < -0.3 is 10.2 Å². The standard InChI is InChI=1S/C16H23BrN2/c1-11-7-13(17)3-6-16(11)19-14-4-5-15(19)9-12(8-14)10-18-2/h3,6-7,12,14-15,18H,4-5,8-10H2,1-2H3. The molecule has 2 fully saturated rings. The topological polar surface area (TPSA) is 15.3 Å². The van der Waals surface area contributed by atoms with E-state index in [1.807, 2.05) is 0 Å². The Balaban J connectivity index is 1.83. The molecule has 2 unspecified atom stereocenters. The van der Waals surface area contributed by atoms with E-state index in [9.17, 15) is 0 Å². The van der Waals surface area contributed by atoms with Crippen molar-refractivity contribution in [1.29, 1.82) is 0 Å². The summed E-state index contributed by atoms with van der Waals surface area (Å²) < 4.78 is 1.19. The molecule has 2 aliphatic rings. The third-order valence-electron chi connectivity index (χ3n) is 4.76. The molecule has 2 saturated heterocycles. The van der Waals surface area contributed by atoms with Gasteiger partial charge in [0, 0.05) is 22.2 Å².